The van der Waals surface area contributed by atoms with Gasteiger partial charge in [0, 0.05) is 10.4 Å². The summed E-state index contributed by atoms with van der Waals surface area (Å²) < 4.78 is 34.1. The number of hydrogen-bond donors (Lipinski definition) is 1. The molecular weight excluding hydrogens is 229 g/mol. The maximum atomic E-state index is 8.52. The molecule has 9 heavy (non-hydrogen) atoms. The molecule has 0 bridgehead atoms. The molecule has 0 rings (SSSR count). The Morgan fingerprint density at radius 3 is 1.11 bits per heavy atom. The van der Waals surface area contributed by atoms with E-state index in [2.05, 4.69) is 0 Å². The summed E-state index contributed by atoms with van der Waals surface area (Å²) in [7, 11) is -5.17. The third kappa shape index (κ3) is 166. The van der Waals surface area contributed by atoms with Crippen molar-refractivity contribution in [2.45, 2.75) is 0 Å². The second-order valence-electron chi connectivity index (χ2n) is 0.408. The molecule has 0 saturated heterocycles. The zero-order valence-corrected chi connectivity index (χ0v) is 9.38. The molecule has 0 saturated carbocycles. The zero-order chi connectivity index (χ0) is 4.50. The molecule has 0 aliphatic rings. The molecule has 0 aliphatic heterocycles. The van der Waals surface area contributed by atoms with Gasteiger partial charge < -0.3 is 20.7 Å². The van der Waals surface area contributed by atoms with E-state index < -0.39 is 10.4 Å². The minimum Gasteiger partial charge on any atom is -0.870 e. The van der Waals surface area contributed by atoms with E-state index >= 15 is 0 Å². The van der Waals surface area contributed by atoms with Gasteiger partial charge in [0.2, 0.25) is 0 Å². The summed E-state index contributed by atoms with van der Waals surface area (Å²) in [6.07, 6.45) is 0. The molecule has 0 atom stereocenters. The van der Waals surface area contributed by atoms with Crippen LogP contribution in [0.25, 0.3) is 0 Å². The third-order valence-corrected chi connectivity index (χ3v) is 0. The molecule has 0 amide bonds. The fraction of sp³-hybridized carbons (Fsp3) is 0. The fourth-order valence-corrected chi connectivity index (χ4v) is 0. The van der Waals surface area contributed by atoms with E-state index in [-0.39, 0.29) is 80.1 Å². The molecule has 57 valence electrons. The van der Waals surface area contributed by atoms with Gasteiger partial charge in [0.25, 0.3) is 0 Å². The Balaban J connectivity index is -0.0000000133. The van der Waals surface area contributed by atoms with Crippen molar-refractivity contribution in [2.75, 3.05) is 0 Å². The van der Waals surface area contributed by atoms with Gasteiger partial charge in [-0.25, -0.2) is 0 Å². The van der Waals surface area contributed by atoms with Crippen LogP contribution < -0.4 is 57.5 Å². The Kier molecular flexibility index (Phi) is 42.9. The normalized spacial score (nSPS) is 6.44. The first-order chi connectivity index (χ1) is 2.00. The Morgan fingerprint density at radius 1 is 1.11 bits per heavy atom. The molecule has 9 heteroatoms. The van der Waals surface area contributed by atoms with Crippen LogP contribution in [-0.2, 0) is 27.5 Å². The van der Waals surface area contributed by atoms with E-state index in [1.807, 2.05) is 0 Å². The van der Waals surface area contributed by atoms with Crippen molar-refractivity contribution in [3.63, 3.8) is 0 Å². The minimum atomic E-state index is -5.17. The Labute approximate surface area is 106 Å². The van der Waals surface area contributed by atoms with Crippen molar-refractivity contribution in [3.05, 3.63) is 0 Å². The largest absolute Gasteiger partial charge is 2.00 e. The van der Waals surface area contributed by atoms with Gasteiger partial charge in [0.1, 0.15) is 0 Å². The summed E-state index contributed by atoms with van der Waals surface area (Å²) in [5.74, 6) is 0. The average Bonchev–Trinajstić information content (AvgIpc) is 0.722. The molecule has 1 radical (unpaired) electrons. The molecule has 0 unspecified atom stereocenters. The molecule has 0 aromatic rings. The van der Waals surface area contributed by atoms with Gasteiger partial charge in [-0.3, -0.25) is 8.42 Å². The fourth-order valence-electron chi connectivity index (χ4n) is 0. The molecule has 0 aromatic carbocycles. The first-order valence-electron chi connectivity index (χ1n) is 0.667. The van der Waals surface area contributed by atoms with Crippen LogP contribution in [0.4, 0.5) is 0 Å². The van der Waals surface area contributed by atoms with Crippen LogP contribution in [0.5, 0.6) is 0 Å². The summed E-state index contributed by atoms with van der Waals surface area (Å²) >= 11 is 0. The molecule has 6 nitrogen and oxygen atoms in total. The summed E-state index contributed by atoms with van der Waals surface area (Å²) in [5, 5.41) is 0. The summed E-state index contributed by atoms with van der Waals surface area (Å²) in [6.45, 7) is 0. The maximum absolute atomic E-state index is 8.52. The van der Waals surface area contributed by atoms with Crippen LogP contribution in [0, 0.1) is 0 Å². The Hall–Kier alpha value is 1.95. The molecule has 0 aliphatic carbocycles. The van der Waals surface area contributed by atoms with Crippen LogP contribution in [0.15, 0.2) is 0 Å². The summed E-state index contributed by atoms with van der Waals surface area (Å²) in [6, 6.07) is 0. The van der Waals surface area contributed by atoms with Gasteiger partial charge in [-0.15, -0.1) is 0 Å². The van der Waals surface area contributed by atoms with Crippen molar-refractivity contribution in [3.8, 4) is 0 Å². The van der Waals surface area contributed by atoms with E-state index in [1.54, 1.807) is 0 Å². The van der Waals surface area contributed by atoms with E-state index in [0.717, 1.165) is 0 Å². The van der Waals surface area contributed by atoms with Gasteiger partial charge in [-0.1, -0.05) is 0 Å². The quantitative estimate of drug-likeness (QED) is 0.254. The van der Waals surface area contributed by atoms with Crippen molar-refractivity contribution < 1.29 is 91.5 Å². The Bertz CT molecular complexity index is 100. The smallest absolute Gasteiger partial charge is 0.870 e. The monoisotopic (exact) mass is 232 g/mol. The van der Waals surface area contributed by atoms with E-state index in [4.69, 9.17) is 17.5 Å². The molecular formula is H4CuKNO5S. The molecule has 0 fully saturated rings. The van der Waals surface area contributed by atoms with Crippen LogP contribution in [0.2, 0.25) is 0 Å². The third-order valence-electron chi connectivity index (χ3n) is 0. The topological polar surface area (TPSA) is 145 Å². The summed E-state index contributed by atoms with van der Waals surface area (Å²) in [5.41, 5.74) is 0. The number of rotatable bonds is 0. The molecule has 0 heterocycles. The predicted molar refractivity (Wildman–Crippen MR) is 17.4 cm³/mol. The van der Waals surface area contributed by atoms with Gasteiger partial charge in [-0.2, -0.15) is 0 Å². The number of hydrogen-bond acceptors (Lipinski definition) is 6. The van der Waals surface area contributed by atoms with E-state index in [0.29, 0.717) is 0 Å². The second-order valence-corrected chi connectivity index (χ2v) is 1.22. The SMILES string of the molecule is N.O=S(=O)([O-])[O-].[Cu+2].[K+].[OH-]. The zero-order valence-electron chi connectivity index (χ0n) is 4.50. The van der Waals surface area contributed by atoms with Gasteiger partial charge in [-0.05, 0) is 0 Å². The van der Waals surface area contributed by atoms with Crippen molar-refractivity contribution in [1.29, 1.82) is 0 Å². The average molecular weight is 233 g/mol. The van der Waals surface area contributed by atoms with Crippen molar-refractivity contribution in [1.82, 2.24) is 6.15 Å². The van der Waals surface area contributed by atoms with Crippen LogP contribution in [-0.4, -0.2) is 23.0 Å². The summed E-state index contributed by atoms with van der Waals surface area (Å²) in [4.78, 5) is 0. The Morgan fingerprint density at radius 2 is 1.11 bits per heavy atom. The van der Waals surface area contributed by atoms with Crippen LogP contribution in [0.3, 0.4) is 0 Å². The second kappa shape index (κ2) is 12.6. The van der Waals surface area contributed by atoms with E-state index in [9.17, 15) is 0 Å². The maximum Gasteiger partial charge on any atom is 2.00 e. The molecule has 0 aromatic heterocycles. The minimum absolute atomic E-state index is 0. The van der Waals surface area contributed by atoms with Crippen LogP contribution in [0.1, 0.15) is 0 Å². The van der Waals surface area contributed by atoms with Crippen molar-refractivity contribution in [2.24, 2.45) is 0 Å². The standard InChI is InChI=1S/Cu.K.H3N.H2O4S.H2O/c;;;1-5(2,3)4;/h;;1H3;(H2,1,2,3,4);1H2/q+2;+1;;;/p-3. The molecule has 0 spiro atoms. The van der Waals surface area contributed by atoms with Gasteiger partial charge >= 0.3 is 68.5 Å². The van der Waals surface area contributed by atoms with Gasteiger partial charge in [0.15, 0.2) is 0 Å². The first-order valence-corrected chi connectivity index (χ1v) is 2.00. The van der Waals surface area contributed by atoms with E-state index in [1.165, 1.54) is 0 Å². The molecule has 4 N–H and O–H groups in total. The first kappa shape index (κ1) is 30.6. The van der Waals surface area contributed by atoms with Crippen molar-refractivity contribution >= 4 is 10.4 Å². The van der Waals surface area contributed by atoms with Crippen LogP contribution >= 0.6 is 0 Å². The van der Waals surface area contributed by atoms with Gasteiger partial charge in [0.05, 0.1) is 0 Å². The predicted octanol–water partition coefficient (Wildman–Crippen LogP) is -4.35.